The summed E-state index contributed by atoms with van der Waals surface area (Å²) in [5.74, 6) is -5.46. The number of carbonyl (C=O) groups is 2. The molecule has 0 aliphatic rings. The molecule has 0 saturated carbocycles. The molecule has 0 radical (unpaired) electrons. The van der Waals surface area contributed by atoms with Crippen LogP contribution in [0.3, 0.4) is 0 Å². The molecule has 0 fully saturated rings. The van der Waals surface area contributed by atoms with Gasteiger partial charge in [0.05, 0.1) is 21.7 Å². The zero-order chi connectivity index (χ0) is 18.5. The number of nitrogens with one attached hydrogen (secondary N) is 1. The number of hydrogen-bond acceptors (Lipinski definition) is 6. The smallest absolute Gasteiger partial charge is 0.308 e. The zero-order valence-electron chi connectivity index (χ0n) is 12.6. The van der Waals surface area contributed by atoms with Gasteiger partial charge in [0.25, 0.3) is 5.69 Å². The molecule has 1 aromatic rings. The monoisotopic (exact) mass is 360 g/mol. The Morgan fingerprint density at radius 3 is 2.04 bits per heavy atom. The lowest BCUT2D eigenvalue weighted by Gasteiger charge is -2.19. The van der Waals surface area contributed by atoms with Crippen molar-refractivity contribution in [2.75, 3.05) is 6.54 Å². The minimum atomic E-state index is -4.13. The highest BCUT2D eigenvalue weighted by molar-refractivity contribution is 7.89. The highest BCUT2D eigenvalue weighted by atomic mass is 32.2. The summed E-state index contributed by atoms with van der Waals surface area (Å²) in [5, 5.41) is 28.7. The zero-order valence-corrected chi connectivity index (χ0v) is 13.4. The Morgan fingerprint density at radius 2 is 1.67 bits per heavy atom. The normalized spacial score (nSPS) is 13.9. The van der Waals surface area contributed by atoms with Gasteiger partial charge in [-0.25, -0.2) is 13.1 Å². The van der Waals surface area contributed by atoms with Crippen molar-refractivity contribution in [1.29, 1.82) is 0 Å². The second-order valence-corrected chi connectivity index (χ2v) is 6.67. The number of carboxylic acid groups (broad SMARTS) is 2. The first kappa shape index (κ1) is 19.5. The van der Waals surface area contributed by atoms with Crippen LogP contribution in [-0.4, -0.2) is 42.0 Å². The lowest BCUT2D eigenvalue weighted by molar-refractivity contribution is -0.384. The third-order valence-corrected chi connectivity index (χ3v) is 4.85. The van der Waals surface area contributed by atoms with Crippen molar-refractivity contribution in [2.24, 2.45) is 11.8 Å². The molecule has 0 bridgehead atoms. The molecular weight excluding hydrogens is 344 g/mol. The van der Waals surface area contributed by atoms with E-state index in [-0.39, 0.29) is 17.0 Å². The fourth-order valence-corrected chi connectivity index (χ4v) is 3.12. The summed E-state index contributed by atoms with van der Waals surface area (Å²) >= 11 is 0. The molecule has 0 aliphatic carbocycles. The lowest BCUT2D eigenvalue weighted by Crippen LogP contribution is -2.39. The molecule has 0 spiro atoms. The topological polar surface area (TPSA) is 164 Å². The average molecular weight is 360 g/mol. The summed E-state index contributed by atoms with van der Waals surface area (Å²) < 4.78 is 26.2. The van der Waals surface area contributed by atoms with Gasteiger partial charge in [-0.2, -0.15) is 0 Å². The first-order valence-corrected chi connectivity index (χ1v) is 8.28. The number of nitrogens with zero attached hydrogens (tertiary/aromatic N) is 1. The van der Waals surface area contributed by atoms with Crippen molar-refractivity contribution in [3.05, 3.63) is 34.4 Å². The Bertz CT molecular complexity index is 729. The third-order valence-electron chi connectivity index (χ3n) is 3.41. The van der Waals surface area contributed by atoms with E-state index in [0.717, 1.165) is 24.3 Å². The molecule has 10 nitrogen and oxygen atoms in total. The number of hydrogen-bond donors (Lipinski definition) is 3. The van der Waals surface area contributed by atoms with Gasteiger partial charge in [0, 0.05) is 18.7 Å². The molecule has 0 unspecified atom stereocenters. The number of carboxylic acids is 2. The predicted molar refractivity (Wildman–Crippen MR) is 80.8 cm³/mol. The minimum absolute atomic E-state index is 0.0194. The van der Waals surface area contributed by atoms with E-state index < -0.39 is 45.3 Å². The van der Waals surface area contributed by atoms with E-state index in [1.54, 1.807) is 0 Å². The third kappa shape index (κ3) is 4.73. The van der Waals surface area contributed by atoms with Crippen LogP contribution in [-0.2, 0) is 19.6 Å². The van der Waals surface area contributed by atoms with E-state index in [2.05, 4.69) is 0 Å². The maximum atomic E-state index is 12.1. The van der Waals surface area contributed by atoms with Crippen LogP contribution in [0.4, 0.5) is 5.69 Å². The van der Waals surface area contributed by atoms with E-state index in [1.165, 1.54) is 6.92 Å². The van der Waals surface area contributed by atoms with E-state index >= 15 is 0 Å². The maximum Gasteiger partial charge on any atom is 0.308 e. The molecule has 0 amide bonds. The molecule has 0 heterocycles. The van der Waals surface area contributed by atoms with Crippen molar-refractivity contribution in [3.8, 4) is 0 Å². The number of sulfonamides is 1. The van der Waals surface area contributed by atoms with Crippen LogP contribution in [0.15, 0.2) is 29.2 Å². The van der Waals surface area contributed by atoms with Gasteiger partial charge >= 0.3 is 11.9 Å². The molecule has 24 heavy (non-hydrogen) atoms. The standard InChI is InChI=1S/C13H16N2O8S/c1-2-10(12(16)17)11(13(18)19)7-14-24(22,23)9-5-3-8(4-6-9)15(20)21/h3-6,10-11,14H,2,7H2,1H3,(H,16,17)(H,18,19)/t10-,11+/m0/s1. The Hall–Kier alpha value is -2.53. The van der Waals surface area contributed by atoms with E-state index in [4.69, 9.17) is 10.2 Å². The van der Waals surface area contributed by atoms with E-state index in [9.17, 15) is 28.1 Å². The molecule has 3 N–H and O–H groups in total. The van der Waals surface area contributed by atoms with E-state index in [1.807, 2.05) is 4.72 Å². The summed E-state index contributed by atoms with van der Waals surface area (Å²) in [4.78, 5) is 31.8. The van der Waals surface area contributed by atoms with Crippen molar-refractivity contribution >= 4 is 27.6 Å². The van der Waals surface area contributed by atoms with Gasteiger partial charge in [0.15, 0.2) is 0 Å². The van der Waals surface area contributed by atoms with Gasteiger partial charge in [-0.1, -0.05) is 6.92 Å². The number of aliphatic carboxylic acids is 2. The van der Waals surface area contributed by atoms with Gasteiger partial charge in [0.2, 0.25) is 10.0 Å². The summed E-state index contributed by atoms with van der Waals surface area (Å²) in [6, 6.07) is 4.00. The van der Waals surface area contributed by atoms with Crippen LogP contribution < -0.4 is 4.72 Å². The summed E-state index contributed by atoms with van der Waals surface area (Å²) in [6.07, 6.45) is 0.0194. The Morgan fingerprint density at radius 1 is 1.17 bits per heavy atom. The fourth-order valence-electron chi connectivity index (χ4n) is 2.06. The Kier molecular flexibility index (Phi) is 6.37. The Labute approximate surface area is 137 Å². The molecule has 132 valence electrons. The second-order valence-electron chi connectivity index (χ2n) is 4.90. The van der Waals surface area contributed by atoms with Crippen LogP contribution in [0.25, 0.3) is 0 Å². The SMILES string of the molecule is CC[C@H](C(=O)O)[C@@H](CNS(=O)(=O)c1ccc([N+](=O)[O-])cc1)C(=O)O. The molecule has 1 rings (SSSR count). The molecule has 0 saturated heterocycles. The number of rotatable bonds is 9. The van der Waals surface area contributed by atoms with Gasteiger partial charge in [-0.05, 0) is 18.6 Å². The van der Waals surface area contributed by atoms with Crippen LogP contribution in [0.5, 0.6) is 0 Å². The van der Waals surface area contributed by atoms with Gasteiger partial charge in [0.1, 0.15) is 0 Å². The predicted octanol–water partition coefficient (Wildman–Crippen LogP) is 0.685. The van der Waals surface area contributed by atoms with Gasteiger partial charge in [-0.15, -0.1) is 0 Å². The lowest BCUT2D eigenvalue weighted by atomic mass is 9.90. The molecule has 1 aromatic carbocycles. The quantitative estimate of drug-likeness (QED) is 0.427. The molecule has 0 aromatic heterocycles. The number of benzene rings is 1. The summed E-state index contributed by atoms with van der Waals surface area (Å²) in [5.41, 5.74) is -0.297. The fraction of sp³-hybridized carbons (Fsp3) is 0.385. The van der Waals surface area contributed by atoms with Crippen molar-refractivity contribution in [3.63, 3.8) is 0 Å². The minimum Gasteiger partial charge on any atom is -0.481 e. The summed E-state index contributed by atoms with van der Waals surface area (Å²) in [7, 11) is -4.13. The molecular formula is C13H16N2O8S. The molecule has 2 atom stereocenters. The highest BCUT2D eigenvalue weighted by Crippen LogP contribution is 2.19. The van der Waals surface area contributed by atoms with Crippen molar-refractivity contribution < 1.29 is 33.1 Å². The van der Waals surface area contributed by atoms with Gasteiger partial charge < -0.3 is 10.2 Å². The van der Waals surface area contributed by atoms with Crippen LogP contribution >= 0.6 is 0 Å². The molecule has 0 aliphatic heterocycles. The molecule has 11 heteroatoms. The number of non-ortho nitro benzene ring substituents is 1. The Balaban J connectivity index is 2.94. The number of nitro groups is 1. The largest absolute Gasteiger partial charge is 0.481 e. The maximum absolute atomic E-state index is 12.1. The van der Waals surface area contributed by atoms with Crippen molar-refractivity contribution in [2.45, 2.75) is 18.2 Å². The van der Waals surface area contributed by atoms with Crippen LogP contribution in [0, 0.1) is 22.0 Å². The van der Waals surface area contributed by atoms with Crippen LogP contribution in [0.2, 0.25) is 0 Å². The first-order chi connectivity index (χ1) is 11.1. The number of nitro benzene ring substituents is 1. The first-order valence-electron chi connectivity index (χ1n) is 6.80. The van der Waals surface area contributed by atoms with Crippen LogP contribution in [0.1, 0.15) is 13.3 Å². The summed E-state index contributed by atoms with van der Waals surface area (Å²) in [6.45, 7) is 0.874. The highest BCUT2D eigenvalue weighted by Gasteiger charge is 2.33. The van der Waals surface area contributed by atoms with Gasteiger partial charge in [-0.3, -0.25) is 19.7 Å². The van der Waals surface area contributed by atoms with E-state index in [0.29, 0.717) is 0 Å². The second kappa shape index (κ2) is 7.84. The van der Waals surface area contributed by atoms with Crippen molar-refractivity contribution in [1.82, 2.24) is 4.72 Å². The average Bonchev–Trinajstić information content (AvgIpc) is 2.50.